The summed E-state index contributed by atoms with van der Waals surface area (Å²) in [4.78, 5) is 36.7. The highest BCUT2D eigenvalue weighted by Gasteiger charge is 2.39. The molecular weight excluding hydrogens is 344 g/mol. The molecule has 2 aromatic rings. The van der Waals surface area contributed by atoms with E-state index >= 15 is 0 Å². The maximum Gasteiger partial charge on any atom is 0.335 e. The first-order valence-electron chi connectivity index (χ1n) is 7.63. The number of carboxylic acids is 1. The highest BCUT2D eigenvalue weighted by Crippen LogP contribution is 2.23. The van der Waals surface area contributed by atoms with Crippen molar-refractivity contribution in [3.05, 3.63) is 64.7 Å². The van der Waals surface area contributed by atoms with Crippen LogP contribution in [0.3, 0.4) is 0 Å². The topological polar surface area (TPSA) is 86.7 Å². The minimum atomic E-state index is -1.06. The summed E-state index contributed by atoms with van der Waals surface area (Å²) in [6, 6.07) is 12.3. The molecule has 25 heavy (non-hydrogen) atoms. The number of halogens is 1. The van der Waals surface area contributed by atoms with Gasteiger partial charge in [0, 0.05) is 11.6 Å². The van der Waals surface area contributed by atoms with Crippen molar-refractivity contribution in [3.8, 4) is 0 Å². The molecule has 1 atom stereocenters. The first-order valence-corrected chi connectivity index (χ1v) is 8.01. The van der Waals surface area contributed by atoms with Gasteiger partial charge in [0.1, 0.15) is 0 Å². The molecule has 1 heterocycles. The third-order valence-electron chi connectivity index (χ3n) is 3.98. The Morgan fingerprint density at radius 2 is 1.76 bits per heavy atom. The summed E-state index contributed by atoms with van der Waals surface area (Å²) >= 11 is 5.84. The highest BCUT2D eigenvalue weighted by atomic mass is 35.5. The summed E-state index contributed by atoms with van der Waals surface area (Å²) in [5, 5.41) is 12.6. The molecule has 2 amide bonds. The van der Waals surface area contributed by atoms with E-state index in [0.29, 0.717) is 17.3 Å². The first kappa shape index (κ1) is 17.1. The van der Waals surface area contributed by atoms with Crippen molar-refractivity contribution in [1.82, 2.24) is 5.32 Å². The Labute approximate surface area is 149 Å². The number of hydrogen-bond acceptors (Lipinski definition) is 4. The van der Waals surface area contributed by atoms with Gasteiger partial charge in [-0.05, 0) is 42.0 Å². The number of carboxylic acid groups (broad SMARTS) is 1. The van der Waals surface area contributed by atoms with Crippen LogP contribution in [-0.4, -0.2) is 28.9 Å². The van der Waals surface area contributed by atoms with Crippen LogP contribution in [0.2, 0.25) is 5.02 Å². The van der Waals surface area contributed by atoms with E-state index in [9.17, 15) is 14.4 Å². The maximum atomic E-state index is 12.5. The number of rotatable bonds is 5. The number of nitrogens with one attached hydrogen (secondary N) is 1. The molecule has 0 bridgehead atoms. The fraction of sp³-hybridized carbons (Fsp3) is 0.167. The van der Waals surface area contributed by atoms with Crippen molar-refractivity contribution in [3.63, 3.8) is 0 Å². The van der Waals surface area contributed by atoms with E-state index in [4.69, 9.17) is 16.7 Å². The second kappa shape index (κ2) is 7.04. The number of imide groups is 1. The molecule has 0 saturated carbocycles. The van der Waals surface area contributed by atoms with Crippen LogP contribution in [0.25, 0.3) is 0 Å². The van der Waals surface area contributed by atoms with Gasteiger partial charge in [-0.25, -0.2) is 9.69 Å². The number of carbonyl (C=O) groups excluding carboxylic acids is 2. The van der Waals surface area contributed by atoms with Gasteiger partial charge in [-0.15, -0.1) is 0 Å². The third-order valence-corrected chi connectivity index (χ3v) is 4.24. The van der Waals surface area contributed by atoms with Crippen molar-refractivity contribution in [1.29, 1.82) is 0 Å². The summed E-state index contributed by atoms with van der Waals surface area (Å²) < 4.78 is 0. The molecule has 0 aliphatic carbocycles. The van der Waals surface area contributed by atoms with E-state index in [0.717, 1.165) is 10.5 Å². The average Bonchev–Trinajstić information content (AvgIpc) is 2.88. The molecule has 128 valence electrons. The monoisotopic (exact) mass is 358 g/mol. The number of hydrogen-bond donors (Lipinski definition) is 2. The fourth-order valence-electron chi connectivity index (χ4n) is 2.66. The van der Waals surface area contributed by atoms with Crippen molar-refractivity contribution >= 4 is 35.1 Å². The van der Waals surface area contributed by atoms with E-state index in [2.05, 4.69) is 5.32 Å². The summed E-state index contributed by atoms with van der Waals surface area (Å²) in [6.45, 7) is 0.437. The second-order valence-corrected chi connectivity index (χ2v) is 6.12. The molecule has 1 saturated heterocycles. The Balaban J connectivity index is 1.69. The Morgan fingerprint density at radius 1 is 1.12 bits per heavy atom. The third kappa shape index (κ3) is 3.70. The number of nitrogens with zero attached hydrogens (tertiary/aromatic N) is 1. The normalized spacial score (nSPS) is 17.2. The number of anilines is 1. The largest absolute Gasteiger partial charge is 0.478 e. The Hall–Kier alpha value is -2.70. The molecule has 0 aromatic heterocycles. The van der Waals surface area contributed by atoms with E-state index < -0.39 is 12.0 Å². The zero-order valence-electron chi connectivity index (χ0n) is 13.1. The van der Waals surface area contributed by atoms with Gasteiger partial charge in [0.2, 0.25) is 5.91 Å². The van der Waals surface area contributed by atoms with E-state index in [-0.39, 0.29) is 23.8 Å². The molecule has 0 radical (unpaired) electrons. The van der Waals surface area contributed by atoms with E-state index in [1.165, 1.54) is 24.3 Å². The van der Waals surface area contributed by atoms with Crippen LogP contribution in [-0.2, 0) is 16.1 Å². The molecule has 7 heteroatoms. The Bertz CT molecular complexity index is 818. The van der Waals surface area contributed by atoms with Crippen LogP contribution in [0.1, 0.15) is 22.3 Å². The first-order chi connectivity index (χ1) is 12.0. The molecule has 3 rings (SSSR count). The van der Waals surface area contributed by atoms with Crippen LogP contribution in [0.15, 0.2) is 48.5 Å². The predicted octanol–water partition coefficient (Wildman–Crippen LogP) is 2.46. The molecule has 1 fully saturated rings. The van der Waals surface area contributed by atoms with Gasteiger partial charge in [-0.3, -0.25) is 9.59 Å². The van der Waals surface area contributed by atoms with Crippen LogP contribution in [0.5, 0.6) is 0 Å². The van der Waals surface area contributed by atoms with Gasteiger partial charge in [0.25, 0.3) is 5.91 Å². The number of carbonyl (C=O) groups is 3. The minimum absolute atomic E-state index is 0.0626. The number of aromatic carboxylic acids is 1. The predicted molar refractivity (Wildman–Crippen MR) is 92.6 cm³/mol. The van der Waals surface area contributed by atoms with Gasteiger partial charge >= 0.3 is 5.97 Å². The summed E-state index contributed by atoms with van der Waals surface area (Å²) in [7, 11) is 0. The SMILES string of the molecule is O=C(O)c1ccc(N2C(=O)CC(NCc3ccc(Cl)cc3)C2=O)cc1. The summed E-state index contributed by atoms with van der Waals surface area (Å²) in [5.41, 5.74) is 1.42. The standard InChI is InChI=1S/C18H15ClN2O4/c19-13-5-1-11(2-6-13)10-20-15-9-16(22)21(17(15)23)14-7-3-12(4-8-14)18(24)25/h1-8,15,20H,9-10H2,(H,24,25). The average molecular weight is 359 g/mol. The van der Waals surface area contributed by atoms with E-state index in [1.807, 2.05) is 12.1 Å². The maximum absolute atomic E-state index is 12.5. The van der Waals surface area contributed by atoms with Gasteiger partial charge in [0.05, 0.1) is 23.7 Å². The van der Waals surface area contributed by atoms with Crippen molar-refractivity contribution in [2.75, 3.05) is 4.90 Å². The number of amides is 2. The smallest absolute Gasteiger partial charge is 0.335 e. The van der Waals surface area contributed by atoms with E-state index in [1.54, 1.807) is 12.1 Å². The van der Waals surface area contributed by atoms with Gasteiger partial charge in [-0.2, -0.15) is 0 Å². The zero-order valence-corrected chi connectivity index (χ0v) is 13.9. The van der Waals surface area contributed by atoms with Gasteiger partial charge < -0.3 is 10.4 Å². The molecule has 1 aliphatic rings. The molecule has 2 aromatic carbocycles. The minimum Gasteiger partial charge on any atom is -0.478 e. The second-order valence-electron chi connectivity index (χ2n) is 5.68. The molecule has 2 N–H and O–H groups in total. The summed E-state index contributed by atoms with van der Waals surface area (Å²) in [6.07, 6.45) is 0.0626. The lowest BCUT2D eigenvalue weighted by molar-refractivity contribution is -0.121. The summed E-state index contributed by atoms with van der Waals surface area (Å²) in [5.74, 6) is -1.73. The highest BCUT2D eigenvalue weighted by molar-refractivity contribution is 6.30. The molecule has 0 spiro atoms. The van der Waals surface area contributed by atoms with Gasteiger partial charge in [-0.1, -0.05) is 23.7 Å². The molecule has 1 aliphatic heterocycles. The van der Waals surface area contributed by atoms with Crippen molar-refractivity contribution in [2.24, 2.45) is 0 Å². The number of benzene rings is 2. The molecular formula is C18H15ClN2O4. The van der Waals surface area contributed by atoms with Crippen molar-refractivity contribution < 1.29 is 19.5 Å². The van der Waals surface area contributed by atoms with Crippen LogP contribution in [0.4, 0.5) is 5.69 Å². The lowest BCUT2D eigenvalue weighted by Gasteiger charge is -2.16. The molecule has 6 nitrogen and oxygen atoms in total. The van der Waals surface area contributed by atoms with Crippen LogP contribution >= 0.6 is 11.6 Å². The van der Waals surface area contributed by atoms with Crippen LogP contribution < -0.4 is 10.2 Å². The quantitative estimate of drug-likeness (QED) is 0.802. The Kier molecular flexibility index (Phi) is 4.83. The van der Waals surface area contributed by atoms with Crippen LogP contribution in [0, 0.1) is 0 Å². The van der Waals surface area contributed by atoms with Crippen molar-refractivity contribution in [2.45, 2.75) is 19.0 Å². The molecule has 1 unspecified atom stereocenters. The fourth-order valence-corrected chi connectivity index (χ4v) is 2.79. The zero-order chi connectivity index (χ0) is 18.0. The van der Waals surface area contributed by atoms with Gasteiger partial charge in [0.15, 0.2) is 0 Å². The lowest BCUT2D eigenvalue weighted by Crippen LogP contribution is -2.38. The Morgan fingerprint density at radius 3 is 2.36 bits per heavy atom. The lowest BCUT2D eigenvalue weighted by atomic mass is 10.2.